The SMILES string of the molecule is COCCCNC(=S)Nc1nc(N2CCOCC2)cc(N2CCC[C@@H](C)C2)n1. The van der Waals surface area contributed by atoms with E-state index in [-0.39, 0.29) is 0 Å². The molecule has 0 spiro atoms. The first-order chi connectivity index (χ1) is 13.7. The zero-order valence-corrected chi connectivity index (χ0v) is 17.8. The third kappa shape index (κ3) is 6.15. The van der Waals surface area contributed by atoms with Crippen molar-refractivity contribution >= 4 is 34.9 Å². The van der Waals surface area contributed by atoms with Crippen molar-refractivity contribution in [3.05, 3.63) is 6.07 Å². The molecule has 2 aliphatic rings. The van der Waals surface area contributed by atoms with Crippen LogP contribution in [0.2, 0.25) is 0 Å². The average molecular weight is 409 g/mol. The van der Waals surface area contributed by atoms with E-state index >= 15 is 0 Å². The second-order valence-electron chi connectivity index (χ2n) is 7.43. The van der Waals surface area contributed by atoms with Gasteiger partial charge in [-0.25, -0.2) is 0 Å². The summed E-state index contributed by atoms with van der Waals surface area (Å²) in [6, 6.07) is 2.10. The van der Waals surface area contributed by atoms with Crippen LogP contribution in [0.3, 0.4) is 0 Å². The highest BCUT2D eigenvalue weighted by molar-refractivity contribution is 7.80. The minimum Gasteiger partial charge on any atom is -0.385 e. The van der Waals surface area contributed by atoms with Crippen molar-refractivity contribution in [2.75, 3.05) is 74.8 Å². The molecule has 28 heavy (non-hydrogen) atoms. The molecular weight excluding hydrogens is 376 g/mol. The fourth-order valence-corrected chi connectivity index (χ4v) is 3.75. The number of rotatable bonds is 7. The molecule has 2 fully saturated rings. The van der Waals surface area contributed by atoms with Gasteiger partial charge in [-0.3, -0.25) is 0 Å². The number of nitrogens with zero attached hydrogens (tertiary/aromatic N) is 4. The molecule has 3 rings (SSSR count). The van der Waals surface area contributed by atoms with Crippen molar-refractivity contribution < 1.29 is 9.47 Å². The van der Waals surface area contributed by atoms with E-state index in [9.17, 15) is 0 Å². The summed E-state index contributed by atoms with van der Waals surface area (Å²) in [7, 11) is 1.70. The monoisotopic (exact) mass is 408 g/mol. The van der Waals surface area contributed by atoms with Crippen molar-refractivity contribution in [2.24, 2.45) is 5.92 Å². The highest BCUT2D eigenvalue weighted by Gasteiger charge is 2.21. The highest BCUT2D eigenvalue weighted by Crippen LogP contribution is 2.26. The standard InChI is InChI=1S/C19H32N6O2S/c1-15-5-3-7-25(14-15)17-13-16(24-8-11-27-12-9-24)21-18(22-17)23-19(28)20-6-4-10-26-2/h13,15H,3-12,14H2,1-2H3,(H2,20,21,22,23,28)/t15-/m1/s1. The van der Waals surface area contributed by atoms with E-state index in [1.165, 1.54) is 12.8 Å². The van der Waals surface area contributed by atoms with Crippen LogP contribution in [-0.2, 0) is 9.47 Å². The molecule has 0 aliphatic carbocycles. The first-order valence-corrected chi connectivity index (χ1v) is 10.6. The van der Waals surface area contributed by atoms with E-state index < -0.39 is 0 Å². The molecule has 0 saturated carbocycles. The third-order valence-corrected chi connectivity index (χ3v) is 5.30. The molecule has 8 nitrogen and oxygen atoms in total. The predicted octanol–water partition coefficient (Wildman–Crippen LogP) is 1.87. The number of morpholine rings is 1. The Morgan fingerprint density at radius 1 is 1.25 bits per heavy atom. The molecule has 0 bridgehead atoms. The Hall–Kier alpha value is -1.71. The molecule has 9 heteroatoms. The van der Waals surface area contributed by atoms with Crippen molar-refractivity contribution in [3.63, 3.8) is 0 Å². The van der Waals surface area contributed by atoms with Crippen LogP contribution in [-0.4, -0.2) is 74.7 Å². The molecule has 0 amide bonds. The lowest BCUT2D eigenvalue weighted by Gasteiger charge is -2.33. The van der Waals surface area contributed by atoms with Gasteiger partial charge in [0.1, 0.15) is 11.6 Å². The maximum Gasteiger partial charge on any atom is 0.232 e. The zero-order valence-electron chi connectivity index (χ0n) is 16.9. The van der Waals surface area contributed by atoms with Crippen LogP contribution in [0, 0.1) is 5.92 Å². The number of aromatic nitrogens is 2. The smallest absolute Gasteiger partial charge is 0.232 e. The summed E-state index contributed by atoms with van der Waals surface area (Å²) < 4.78 is 10.6. The average Bonchev–Trinajstić information content (AvgIpc) is 2.72. The zero-order chi connectivity index (χ0) is 19.8. The maximum absolute atomic E-state index is 5.49. The van der Waals surface area contributed by atoms with Crippen LogP contribution in [0.25, 0.3) is 0 Å². The number of hydrogen-bond acceptors (Lipinski definition) is 7. The van der Waals surface area contributed by atoms with Gasteiger partial charge in [0.05, 0.1) is 13.2 Å². The minimum absolute atomic E-state index is 0.535. The summed E-state index contributed by atoms with van der Waals surface area (Å²) in [6.45, 7) is 8.94. The van der Waals surface area contributed by atoms with Gasteiger partial charge in [-0.2, -0.15) is 9.97 Å². The summed E-state index contributed by atoms with van der Waals surface area (Å²) in [5, 5.41) is 6.88. The Labute approximate surface area is 173 Å². The van der Waals surface area contributed by atoms with Crippen molar-refractivity contribution in [3.8, 4) is 0 Å². The predicted molar refractivity (Wildman–Crippen MR) is 116 cm³/mol. The molecule has 2 N–H and O–H groups in total. The van der Waals surface area contributed by atoms with Crippen LogP contribution in [0.5, 0.6) is 0 Å². The number of nitrogens with one attached hydrogen (secondary N) is 2. The van der Waals surface area contributed by atoms with Gasteiger partial charge in [0, 0.05) is 52.5 Å². The van der Waals surface area contributed by atoms with E-state index in [0.29, 0.717) is 23.6 Å². The normalized spacial score (nSPS) is 20.1. The van der Waals surface area contributed by atoms with Gasteiger partial charge in [-0.05, 0) is 37.4 Å². The number of piperidine rings is 1. The molecule has 1 aromatic rings. The summed E-state index contributed by atoms with van der Waals surface area (Å²) >= 11 is 5.41. The van der Waals surface area contributed by atoms with Crippen LogP contribution >= 0.6 is 12.2 Å². The number of hydrogen-bond donors (Lipinski definition) is 2. The molecule has 0 radical (unpaired) electrons. The van der Waals surface area contributed by atoms with Gasteiger partial charge in [0.15, 0.2) is 5.11 Å². The Morgan fingerprint density at radius 3 is 2.71 bits per heavy atom. The largest absolute Gasteiger partial charge is 0.385 e. The first-order valence-electron chi connectivity index (χ1n) is 10.2. The molecule has 2 saturated heterocycles. The van der Waals surface area contributed by atoms with Crippen molar-refractivity contribution in [1.29, 1.82) is 0 Å². The van der Waals surface area contributed by atoms with Crippen LogP contribution in [0.15, 0.2) is 6.07 Å². The molecule has 0 unspecified atom stereocenters. The lowest BCUT2D eigenvalue weighted by atomic mass is 10.0. The molecule has 156 valence electrons. The van der Waals surface area contributed by atoms with E-state index in [2.05, 4.69) is 33.4 Å². The van der Waals surface area contributed by atoms with Crippen molar-refractivity contribution in [1.82, 2.24) is 15.3 Å². The highest BCUT2D eigenvalue weighted by atomic mass is 32.1. The molecule has 3 heterocycles. The summed E-state index contributed by atoms with van der Waals surface area (Å²) in [6.07, 6.45) is 3.36. The van der Waals surface area contributed by atoms with Gasteiger partial charge in [0.2, 0.25) is 5.95 Å². The number of methoxy groups -OCH3 is 1. The molecular formula is C19H32N6O2S. The third-order valence-electron chi connectivity index (χ3n) is 5.05. The second-order valence-corrected chi connectivity index (χ2v) is 7.84. The summed E-state index contributed by atoms with van der Waals surface area (Å²) in [5.41, 5.74) is 0. The quantitative estimate of drug-likeness (QED) is 0.519. The van der Waals surface area contributed by atoms with Gasteiger partial charge in [-0.15, -0.1) is 0 Å². The van der Waals surface area contributed by atoms with E-state index in [1.807, 2.05) is 0 Å². The molecule has 1 atom stereocenters. The Bertz CT molecular complexity index is 641. The maximum atomic E-state index is 5.49. The van der Waals surface area contributed by atoms with Crippen LogP contribution in [0.1, 0.15) is 26.2 Å². The van der Waals surface area contributed by atoms with Crippen LogP contribution < -0.4 is 20.4 Å². The van der Waals surface area contributed by atoms with Gasteiger partial charge in [0.25, 0.3) is 0 Å². The Kier molecular flexibility index (Phi) is 8.05. The fourth-order valence-electron chi connectivity index (χ4n) is 3.56. The second kappa shape index (κ2) is 10.7. The van der Waals surface area contributed by atoms with Gasteiger partial charge < -0.3 is 29.9 Å². The van der Waals surface area contributed by atoms with E-state index in [4.69, 9.17) is 31.7 Å². The number of ether oxygens (including phenoxy) is 2. The molecule has 2 aliphatic heterocycles. The summed E-state index contributed by atoms with van der Waals surface area (Å²) in [4.78, 5) is 14.1. The number of anilines is 3. The lowest BCUT2D eigenvalue weighted by molar-refractivity contribution is 0.122. The topological polar surface area (TPSA) is 74.8 Å². The van der Waals surface area contributed by atoms with Crippen molar-refractivity contribution in [2.45, 2.75) is 26.2 Å². The van der Waals surface area contributed by atoms with Crippen LogP contribution in [0.4, 0.5) is 17.6 Å². The molecule has 1 aromatic heterocycles. The first kappa shape index (κ1) is 21.0. The fraction of sp³-hybridized carbons (Fsp3) is 0.737. The van der Waals surface area contributed by atoms with Gasteiger partial charge >= 0.3 is 0 Å². The van der Waals surface area contributed by atoms with E-state index in [1.54, 1.807) is 7.11 Å². The minimum atomic E-state index is 0.535. The van der Waals surface area contributed by atoms with Gasteiger partial charge in [-0.1, -0.05) is 6.92 Å². The number of thiocarbonyl (C=S) groups is 1. The van der Waals surface area contributed by atoms with E-state index in [0.717, 1.165) is 64.0 Å². The Balaban J connectivity index is 1.73. The molecule has 0 aromatic carbocycles. The Morgan fingerprint density at radius 2 is 2.00 bits per heavy atom. The lowest BCUT2D eigenvalue weighted by Crippen LogP contribution is -2.38. The summed E-state index contributed by atoms with van der Waals surface area (Å²) in [5.74, 6) is 3.11.